The Morgan fingerprint density at radius 3 is 2.60 bits per heavy atom. The van der Waals surface area contributed by atoms with Crippen molar-refractivity contribution in [2.75, 3.05) is 19.8 Å². The highest BCUT2D eigenvalue weighted by atomic mass is 35.5. The Morgan fingerprint density at radius 2 is 2.00 bits per heavy atom. The first-order valence-corrected chi connectivity index (χ1v) is 11.8. The van der Waals surface area contributed by atoms with E-state index in [9.17, 15) is 13.2 Å². The molecule has 2 aromatic rings. The number of esters is 1. The molecule has 7 nitrogen and oxygen atoms in total. The van der Waals surface area contributed by atoms with Crippen molar-refractivity contribution in [1.82, 2.24) is 9.29 Å². The van der Waals surface area contributed by atoms with Crippen molar-refractivity contribution in [3.63, 3.8) is 0 Å². The summed E-state index contributed by atoms with van der Waals surface area (Å²) < 4.78 is 39.1. The summed E-state index contributed by atoms with van der Waals surface area (Å²) >= 11 is 5.93. The standard InChI is InChI=1S/C21H27ClN2O5S/c1-4-28-21(25)20-14(2)19(15(3)23-20)13-24(12-17-6-5-11-29-17)30(26,27)18-9-7-16(22)8-10-18/h7-10,17,23H,4-6,11-13H2,1-3H3. The molecular weight excluding hydrogens is 428 g/mol. The van der Waals surface area contributed by atoms with Crippen molar-refractivity contribution >= 4 is 27.6 Å². The maximum atomic E-state index is 13.4. The maximum absolute atomic E-state index is 13.4. The predicted molar refractivity (Wildman–Crippen MR) is 114 cm³/mol. The number of halogens is 1. The molecule has 1 unspecified atom stereocenters. The third-order valence-electron chi connectivity index (χ3n) is 5.29. The number of hydrogen-bond acceptors (Lipinski definition) is 5. The third kappa shape index (κ3) is 4.88. The molecule has 1 saturated heterocycles. The number of hydrogen-bond donors (Lipinski definition) is 1. The third-order valence-corrected chi connectivity index (χ3v) is 7.37. The van der Waals surface area contributed by atoms with Gasteiger partial charge in [-0.1, -0.05) is 11.6 Å². The van der Waals surface area contributed by atoms with Gasteiger partial charge in [0.2, 0.25) is 10.0 Å². The smallest absolute Gasteiger partial charge is 0.355 e. The second kappa shape index (κ2) is 9.51. The zero-order valence-corrected chi connectivity index (χ0v) is 19.0. The Balaban J connectivity index is 1.95. The van der Waals surface area contributed by atoms with Crippen LogP contribution in [0.2, 0.25) is 5.02 Å². The van der Waals surface area contributed by atoms with E-state index in [2.05, 4.69) is 4.98 Å². The van der Waals surface area contributed by atoms with Gasteiger partial charge in [0, 0.05) is 30.4 Å². The largest absolute Gasteiger partial charge is 0.461 e. The van der Waals surface area contributed by atoms with Gasteiger partial charge in [0.05, 0.1) is 17.6 Å². The van der Waals surface area contributed by atoms with Crippen LogP contribution in [0.5, 0.6) is 0 Å². The minimum absolute atomic E-state index is 0.123. The molecule has 30 heavy (non-hydrogen) atoms. The van der Waals surface area contributed by atoms with Gasteiger partial charge in [0.15, 0.2) is 0 Å². The van der Waals surface area contributed by atoms with Gasteiger partial charge in [-0.05, 0) is 69.0 Å². The second-order valence-corrected chi connectivity index (χ2v) is 9.71. The van der Waals surface area contributed by atoms with Crippen molar-refractivity contribution in [2.24, 2.45) is 0 Å². The fraction of sp³-hybridized carbons (Fsp3) is 0.476. The van der Waals surface area contributed by atoms with Gasteiger partial charge >= 0.3 is 5.97 Å². The average Bonchev–Trinajstić information content (AvgIpc) is 3.31. The molecule has 0 aliphatic carbocycles. The van der Waals surface area contributed by atoms with Crippen LogP contribution < -0.4 is 0 Å². The summed E-state index contributed by atoms with van der Waals surface area (Å²) in [5, 5.41) is 0.469. The number of nitrogens with one attached hydrogen (secondary N) is 1. The second-order valence-electron chi connectivity index (χ2n) is 7.34. The van der Waals surface area contributed by atoms with Crippen LogP contribution in [0.1, 0.15) is 47.1 Å². The van der Waals surface area contributed by atoms with Crippen LogP contribution in [-0.4, -0.2) is 49.5 Å². The molecule has 164 valence electrons. The van der Waals surface area contributed by atoms with E-state index in [1.54, 1.807) is 26.0 Å². The van der Waals surface area contributed by atoms with Crippen molar-refractivity contribution in [3.05, 3.63) is 51.8 Å². The van der Waals surface area contributed by atoms with Gasteiger partial charge < -0.3 is 14.5 Å². The first-order chi connectivity index (χ1) is 14.2. The summed E-state index contributed by atoms with van der Waals surface area (Å²) in [5.41, 5.74) is 2.53. The number of aryl methyl sites for hydroxylation is 1. The van der Waals surface area contributed by atoms with E-state index >= 15 is 0 Å². The Bertz CT molecular complexity index is 995. The molecule has 0 bridgehead atoms. The summed E-state index contributed by atoms with van der Waals surface area (Å²) in [6, 6.07) is 6.12. The van der Waals surface area contributed by atoms with E-state index in [1.807, 2.05) is 6.92 Å². The molecule has 0 radical (unpaired) electrons. The molecule has 1 N–H and O–H groups in total. The number of carbonyl (C=O) groups is 1. The van der Waals surface area contributed by atoms with Gasteiger partial charge in [-0.25, -0.2) is 13.2 Å². The highest BCUT2D eigenvalue weighted by Crippen LogP contribution is 2.27. The van der Waals surface area contributed by atoms with Crippen molar-refractivity contribution < 1.29 is 22.7 Å². The highest BCUT2D eigenvalue weighted by Gasteiger charge is 2.31. The Labute approximate surface area is 182 Å². The lowest BCUT2D eigenvalue weighted by Crippen LogP contribution is -2.37. The van der Waals surface area contributed by atoms with Crippen LogP contribution in [-0.2, 0) is 26.0 Å². The number of sulfonamides is 1. The SMILES string of the molecule is CCOC(=O)c1[nH]c(C)c(CN(CC2CCCO2)S(=O)(=O)c2ccc(Cl)cc2)c1C. The van der Waals surface area contributed by atoms with Crippen molar-refractivity contribution in [2.45, 2.75) is 51.2 Å². The molecule has 1 atom stereocenters. The minimum atomic E-state index is -3.79. The molecule has 9 heteroatoms. The summed E-state index contributed by atoms with van der Waals surface area (Å²) in [6.45, 7) is 6.62. The van der Waals surface area contributed by atoms with Gasteiger partial charge in [0.25, 0.3) is 0 Å². The number of nitrogens with zero attached hydrogens (tertiary/aromatic N) is 1. The van der Waals surface area contributed by atoms with Crippen LogP contribution in [0.15, 0.2) is 29.2 Å². The fourth-order valence-corrected chi connectivity index (χ4v) is 5.19. The molecule has 1 aromatic heterocycles. The van der Waals surface area contributed by atoms with Crippen molar-refractivity contribution in [1.29, 1.82) is 0 Å². The van der Waals surface area contributed by atoms with Crippen LogP contribution in [0.25, 0.3) is 0 Å². The zero-order chi connectivity index (χ0) is 21.9. The van der Waals surface area contributed by atoms with Gasteiger partial charge in [0.1, 0.15) is 5.69 Å². The Kier molecular flexibility index (Phi) is 7.23. The minimum Gasteiger partial charge on any atom is -0.461 e. The normalized spacial score (nSPS) is 16.9. The lowest BCUT2D eigenvalue weighted by molar-refractivity contribution is 0.0519. The topological polar surface area (TPSA) is 88.7 Å². The summed E-state index contributed by atoms with van der Waals surface area (Å²) in [6.07, 6.45) is 1.57. The predicted octanol–water partition coefficient (Wildman–Crippen LogP) is 3.83. The number of benzene rings is 1. The number of aromatic nitrogens is 1. The van der Waals surface area contributed by atoms with E-state index in [0.717, 1.165) is 24.1 Å². The lowest BCUT2D eigenvalue weighted by atomic mass is 10.1. The van der Waals surface area contributed by atoms with E-state index < -0.39 is 16.0 Å². The van der Waals surface area contributed by atoms with E-state index in [4.69, 9.17) is 21.1 Å². The van der Waals surface area contributed by atoms with Gasteiger partial charge in [-0.2, -0.15) is 4.31 Å². The maximum Gasteiger partial charge on any atom is 0.355 e. The molecule has 1 fully saturated rings. The molecule has 0 spiro atoms. The van der Waals surface area contributed by atoms with E-state index in [-0.39, 0.29) is 30.7 Å². The Morgan fingerprint density at radius 1 is 1.30 bits per heavy atom. The van der Waals surface area contributed by atoms with Gasteiger partial charge in [-0.15, -0.1) is 0 Å². The number of aromatic amines is 1. The number of rotatable bonds is 8. The quantitative estimate of drug-likeness (QED) is 0.612. The molecule has 2 heterocycles. The van der Waals surface area contributed by atoms with Crippen molar-refractivity contribution in [3.8, 4) is 0 Å². The van der Waals surface area contributed by atoms with Crippen LogP contribution >= 0.6 is 11.6 Å². The summed E-state index contributed by atoms with van der Waals surface area (Å²) in [4.78, 5) is 15.4. The van der Waals surface area contributed by atoms with Crippen LogP contribution in [0.3, 0.4) is 0 Å². The fourth-order valence-electron chi connectivity index (χ4n) is 3.63. The van der Waals surface area contributed by atoms with Gasteiger partial charge in [-0.3, -0.25) is 0 Å². The van der Waals surface area contributed by atoms with Crippen LogP contribution in [0.4, 0.5) is 0 Å². The van der Waals surface area contributed by atoms with Crippen LogP contribution in [0, 0.1) is 13.8 Å². The first kappa shape index (κ1) is 22.8. The number of ether oxygens (including phenoxy) is 2. The molecule has 1 aliphatic rings. The molecule has 3 rings (SSSR count). The number of H-pyrrole nitrogens is 1. The molecular formula is C21H27ClN2O5S. The Hall–Kier alpha value is -1.87. The zero-order valence-electron chi connectivity index (χ0n) is 17.4. The monoisotopic (exact) mass is 454 g/mol. The molecule has 0 saturated carbocycles. The first-order valence-electron chi connectivity index (χ1n) is 9.96. The number of carbonyl (C=O) groups excluding carboxylic acids is 1. The van der Waals surface area contributed by atoms with E-state index in [0.29, 0.717) is 22.9 Å². The average molecular weight is 455 g/mol. The molecule has 1 aliphatic heterocycles. The summed E-state index contributed by atoms with van der Waals surface area (Å²) in [7, 11) is -3.79. The molecule has 1 aromatic carbocycles. The lowest BCUT2D eigenvalue weighted by Gasteiger charge is -2.25. The summed E-state index contributed by atoms with van der Waals surface area (Å²) in [5.74, 6) is -0.449. The highest BCUT2D eigenvalue weighted by molar-refractivity contribution is 7.89. The molecule has 0 amide bonds. The van der Waals surface area contributed by atoms with E-state index in [1.165, 1.54) is 16.4 Å².